The van der Waals surface area contributed by atoms with Crippen LogP contribution in [0.4, 0.5) is 15.3 Å². The summed E-state index contributed by atoms with van der Waals surface area (Å²) < 4.78 is 29.8. The van der Waals surface area contributed by atoms with Crippen LogP contribution in [0.25, 0.3) is 0 Å². The summed E-state index contributed by atoms with van der Waals surface area (Å²) in [6.07, 6.45) is -5.35. The van der Waals surface area contributed by atoms with Gasteiger partial charge in [-0.3, -0.25) is 53.0 Å². The summed E-state index contributed by atoms with van der Waals surface area (Å²) >= 11 is 0. The third-order valence-electron chi connectivity index (χ3n) is 19.8. The fraction of sp³-hybridized carbons (Fsp3) is 0.662. The van der Waals surface area contributed by atoms with Crippen molar-refractivity contribution in [1.82, 2.24) is 46.2 Å². The molecular weight excluding hydrogens is 1360 g/mol. The van der Waals surface area contributed by atoms with E-state index in [4.69, 9.17) is 29.4 Å². The van der Waals surface area contributed by atoms with Crippen molar-refractivity contribution in [2.24, 2.45) is 35.3 Å². The van der Waals surface area contributed by atoms with E-state index in [1.807, 2.05) is 13.8 Å². The normalized spacial score (nSPS) is 21.3. The van der Waals surface area contributed by atoms with Crippen LogP contribution in [0.15, 0.2) is 66.7 Å². The Morgan fingerprint density at radius 3 is 1.94 bits per heavy atom. The van der Waals surface area contributed by atoms with Gasteiger partial charge in [0.15, 0.2) is 6.29 Å². The number of rotatable bonds is 41. The number of nitrogens with two attached hydrogens (primary N) is 1. The van der Waals surface area contributed by atoms with Crippen LogP contribution >= 0.6 is 0 Å². The number of carbonyl (C=O) groups is 11. The number of aliphatic hydroxyl groups is 4. The maximum absolute atomic E-state index is 14.9. The first-order chi connectivity index (χ1) is 49.7. The average molecular weight is 1480 g/mol. The van der Waals surface area contributed by atoms with Crippen LogP contribution < -0.4 is 37.6 Å². The summed E-state index contributed by atoms with van der Waals surface area (Å²) in [5.74, 6) is -6.59. The highest BCUT2D eigenvalue weighted by Crippen LogP contribution is 2.33. The van der Waals surface area contributed by atoms with Gasteiger partial charge in [0.1, 0.15) is 61.3 Å². The van der Waals surface area contributed by atoms with Gasteiger partial charge in [-0.25, -0.2) is 9.59 Å². The molecule has 0 spiro atoms. The van der Waals surface area contributed by atoms with E-state index < -0.39 is 163 Å². The lowest BCUT2D eigenvalue weighted by molar-refractivity contribution is -0.314. The Hall–Kier alpha value is -8.17. The fourth-order valence-corrected chi connectivity index (χ4v) is 13.6. The van der Waals surface area contributed by atoms with Crippen molar-refractivity contribution in [2.45, 2.75) is 231 Å². The fourth-order valence-electron chi connectivity index (χ4n) is 13.6. The number of carbonyl (C=O) groups excluding carboxylic acids is 11. The lowest BCUT2D eigenvalue weighted by atomic mass is 9.89. The third-order valence-corrected chi connectivity index (χ3v) is 19.8. The molecular formula is C74H115N11O20. The van der Waals surface area contributed by atoms with E-state index in [2.05, 4.69) is 31.9 Å². The van der Waals surface area contributed by atoms with Crippen LogP contribution in [0, 0.1) is 29.6 Å². The van der Waals surface area contributed by atoms with E-state index in [-0.39, 0.29) is 74.9 Å². The molecule has 2 saturated heterocycles. The lowest BCUT2D eigenvalue weighted by Gasteiger charge is -2.42. The van der Waals surface area contributed by atoms with E-state index in [0.717, 1.165) is 9.80 Å². The molecule has 0 bridgehead atoms. The molecule has 586 valence electrons. The Morgan fingerprint density at radius 2 is 1.36 bits per heavy atom. The number of imide groups is 1. The quantitative estimate of drug-likeness (QED) is 0.0337. The molecule has 31 heteroatoms. The molecule has 0 aliphatic carbocycles. The van der Waals surface area contributed by atoms with Crippen molar-refractivity contribution in [2.75, 3.05) is 59.9 Å². The first kappa shape index (κ1) is 87.5. The van der Waals surface area contributed by atoms with E-state index >= 15 is 0 Å². The standard InChI is InChI=1S/C74H115N11O20/c1-15-44(8)61(52(101-13)38-57(90)84-37-23-27-51(84)65(102-14)45(9)67(94)77-46(10)66(48-24-18-16-19-25-48)105-72-64(93)63(92)62(91)53(39-86)104-72)82(11)71(98)59(42(4)5)81-70(97)60(43(6)7)83(12)74(100)103-40-47-29-31-49(32-30-47)78-68(95)50(26-22-35-76-73(75)99)79-69(96)58(41(2)3)80-54(87)28-20-17-21-36-85-55(88)33-34-56(85)89/h16,18-19,24-25,29-34,41-46,50-53,58-66,72,86,91-93H,15,17,20-23,26-28,35-40H2,1-14H3,(H,77,94)(H,78,95)(H,79,96)(H,80,87)(H,81,97)(H3,75,76,99). The molecule has 2 fully saturated rings. The SMILES string of the molecule is CCC(C)C(C(CC(=O)N1CCCC1C(OC)C(C)C(=O)NC(C)C(OC1OC(CO)C(O)C(O)C1O)c1ccccc1)OC)N(C)C(=O)C(NC(=O)C(C(C)C)N(C)C(=O)OCc1ccc(NC(=O)C(CCCNC(N)=O)NC(=O)C(NC(=O)CCCCCN2C(=O)C=CC2=O)C(C)C)cc1)C(C)C. The largest absolute Gasteiger partial charge is 0.445 e. The number of aliphatic hydroxyl groups excluding tert-OH is 4. The number of unbranched alkanes of at least 4 members (excludes halogenated alkanes) is 2. The van der Waals surface area contributed by atoms with Crippen LogP contribution in [-0.4, -0.2) is 245 Å². The minimum Gasteiger partial charge on any atom is -0.445 e. The second kappa shape index (κ2) is 42.2. The molecule has 3 heterocycles. The molecule has 0 aromatic heterocycles. The molecule has 5 rings (SSSR count). The van der Waals surface area contributed by atoms with Crippen molar-refractivity contribution in [3.8, 4) is 0 Å². The Morgan fingerprint density at radius 1 is 0.714 bits per heavy atom. The summed E-state index contributed by atoms with van der Waals surface area (Å²) in [6.45, 7) is 17.6. The smallest absolute Gasteiger partial charge is 0.410 e. The number of nitrogens with one attached hydrogen (secondary N) is 6. The van der Waals surface area contributed by atoms with Gasteiger partial charge in [-0.05, 0) is 92.4 Å². The number of anilines is 1. The summed E-state index contributed by atoms with van der Waals surface area (Å²) in [4.78, 5) is 154. The van der Waals surface area contributed by atoms with Crippen molar-refractivity contribution in [3.05, 3.63) is 77.9 Å². The minimum atomic E-state index is -1.70. The lowest BCUT2D eigenvalue weighted by Crippen LogP contribution is -2.60. The summed E-state index contributed by atoms with van der Waals surface area (Å²) in [6, 6.07) is 7.98. The molecule has 3 aliphatic rings. The maximum atomic E-state index is 14.9. The molecule has 17 unspecified atom stereocenters. The minimum absolute atomic E-state index is 0.0711. The van der Waals surface area contributed by atoms with Crippen LogP contribution in [0.5, 0.6) is 0 Å². The maximum Gasteiger partial charge on any atom is 0.410 e. The number of ether oxygens (including phenoxy) is 5. The van der Waals surface area contributed by atoms with Gasteiger partial charge >= 0.3 is 12.1 Å². The number of likely N-dealkylation sites (N-methyl/N-ethyl adjacent to an activating group) is 2. The predicted octanol–water partition coefficient (Wildman–Crippen LogP) is 2.90. The van der Waals surface area contributed by atoms with Gasteiger partial charge in [-0.15, -0.1) is 0 Å². The molecule has 12 N–H and O–H groups in total. The molecule has 2 aromatic rings. The number of nitrogens with zero attached hydrogens (tertiary/aromatic N) is 4. The first-order valence-corrected chi connectivity index (χ1v) is 36.4. The number of benzene rings is 2. The number of methoxy groups -OCH3 is 2. The molecule has 31 nitrogen and oxygen atoms in total. The third kappa shape index (κ3) is 24.7. The van der Waals surface area contributed by atoms with E-state index in [1.54, 1.807) is 122 Å². The Labute approximate surface area is 616 Å². The van der Waals surface area contributed by atoms with Crippen molar-refractivity contribution in [1.29, 1.82) is 0 Å². The van der Waals surface area contributed by atoms with Crippen molar-refractivity contribution < 1.29 is 96.9 Å². The van der Waals surface area contributed by atoms with Gasteiger partial charge in [0, 0.05) is 72.2 Å². The Balaban J connectivity index is 1.19. The number of primary amides is 1. The first-order valence-electron chi connectivity index (χ1n) is 36.4. The second-order valence-corrected chi connectivity index (χ2v) is 28.6. The molecule has 17 atom stereocenters. The van der Waals surface area contributed by atoms with Gasteiger partial charge in [0.05, 0.1) is 49.3 Å². The number of likely N-dealkylation sites (tertiary alicyclic amines) is 1. The van der Waals surface area contributed by atoms with Crippen LogP contribution in [0.3, 0.4) is 0 Å². The van der Waals surface area contributed by atoms with Crippen LogP contribution in [0.2, 0.25) is 0 Å². The summed E-state index contributed by atoms with van der Waals surface area (Å²) in [5, 5.41) is 58.3. The number of hydrogen-bond donors (Lipinski definition) is 11. The van der Waals surface area contributed by atoms with E-state index in [9.17, 15) is 73.2 Å². The van der Waals surface area contributed by atoms with E-state index in [1.165, 1.54) is 38.3 Å². The Bertz CT molecular complexity index is 3220. The molecule has 12 amide bonds. The number of urea groups is 1. The van der Waals surface area contributed by atoms with Gasteiger partial charge in [0.2, 0.25) is 41.4 Å². The zero-order chi connectivity index (χ0) is 78.1. The molecule has 2 aromatic carbocycles. The van der Waals surface area contributed by atoms with Crippen LogP contribution in [0.1, 0.15) is 151 Å². The molecule has 0 radical (unpaired) electrons. The van der Waals surface area contributed by atoms with Gasteiger partial charge in [-0.2, -0.15) is 0 Å². The summed E-state index contributed by atoms with van der Waals surface area (Å²) in [5.41, 5.74) is 6.67. The van der Waals surface area contributed by atoms with Crippen molar-refractivity contribution in [3.63, 3.8) is 0 Å². The van der Waals surface area contributed by atoms with Crippen molar-refractivity contribution >= 4 is 71.0 Å². The molecule has 0 saturated carbocycles. The number of amides is 12. The average Bonchev–Trinajstić information content (AvgIpc) is 1.74. The summed E-state index contributed by atoms with van der Waals surface area (Å²) in [7, 11) is 5.96. The molecule has 105 heavy (non-hydrogen) atoms. The van der Waals surface area contributed by atoms with Crippen LogP contribution in [-0.2, 0) is 73.4 Å². The zero-order valence-corrected chi connectivity index (χ0v) is 63.2. The molecule has 3 aliphatic heterocycles. The predicted molar refractivity (Wildman–Crippen MR) is 386 cm³/mol. The number of hydrogen-bond acceptors (Lipinski definition) is 20. The van der Waals surface area contributed by atoms with Gasteiger partial charge in [-0.1, -0.05) is 118 Å². The van der Waals surface area contributed by atoms with E-state index in [0.29, 0.717) is 61.9 Å². The Kier molecular flexibility index (Phi) is 35.2. The van der Waals surface area contributed by atoms with Gasteiger partial charge < -0.3 is 91.5 Å². The monoisotopic (exact) mass is 1480 g/mol. The highest BCUT2D eigenvalue weighted by Gasteiger charge is 2.48. The zero-order valence-electron chi connectivity index (χ0n) is 63.2. The topological polar surface area (TPSA) is 426 Å². The van der Waals surface area contributed by atoms with Gasteiger partial charge in [0.25, 0.3) is 11.8 Å². The highest BCUT2D eigenvalue weighted by atomic mass is 16.7. The second-order valence-electron chi connectivity index (χ2n) is 28.6. The highest BCUT2D eigenvalue weighted by molar-refractivity contribution is 6.12.